The van der Waals surface area contributed by atoms with Gasteiger partial charge in [0.05, 0.1) is 7.11 Å². The second kappa shape index (κ2) is 4.48. The van der Waals surface area contributed by atoms with E-state index in [9.17, 15) is 15.0 Å². The van der Waals surface area contributed by atoms with E-state index in [1.165, 1.54) is 13.2 Å². The number of phenolic OH excluding ortho intramolecular Hbond substituents is 1. The molecule has 3 atom stereocenters. The van der Waals surface area contributed by atoms with Gasteiger partial charge in [0.25, 0.3) is 0 Å². The number of fused-ring (bicyclic) bond motifs is 2. The van der Waals surface area contributed by atoms with Gasteiger partial charge >= 0.3 is 0 Å². The van der Waals surface area contributed by atoms with E-state index in [-0.39, 0.29) is 16.9 Å². The van der Waals surface area contributed by atoms with Crippen molar-refractivity contribution in [2.45, 2.75) is 45.6 Å². The Morgan fingerprint density at radius 3 is 2.45 bits per heavy atom. The summed E-state index contributed by atoms with van der Waals surface area (Å²) in [7, 11) is 1.46. The third-order valence-electron chi connectivity index (χ3n) is 6.71. The predicted molar refractivity (Wildman–Crippen MR) is 83.2 cm³/mol. The van der Waals surface area contributed by atoms with Crippen molar-refractivity contribution in [1.29, 1.82) is 0 Å². The number of phenols is 1. The number of benzene rings is 1. The molecule has 2 aliphatic rings. The van der Waals surface area contributed by atoms with Gasteiger partial charge in [-0.15, -0.1) is 0 Å². The second-order valence-electron chi connectivity index (χ2n) is 7.57. The quantitative estimate of drug-likeness (QED) is 0.842. The molecule has 2 N–H and O–H groups in total. The highest BCUT2D eigenvalue weighted by Crippen LogP contribution is 2.70. The maximum absolute atomic E-state index is 13.0. The molecule has 22 heavy (non-hydrogen) atoms. The SMILES string of the molecule is COc1ccc(C(=O)C2(O)CC3CCC2(C)C3(C)C)cc1O. The monoisotopic (exact) mass is 304 g/mol. The number of Topliss-reactive ketones (excluding diaryl/α,β-unsaturated/α-hetero) is 1. The third-order valence-corrected chi connectivity index (χ3v) is 6.71. The standard InChI is InChI=1S/C18H24O4/c1-16(2)12-7-8-17(16,3)18(21,10-12)15(20)11-5-6-14(22-4)13(19)9-11/h5-6,9,12,19,21H,7-8,10H2,1-4H3. The Bertz CT molecular complexity index is 636. The number of ether oxygens (including phenoxy) is 1. The van der Waals surface area contributed by atoms with Gasteiger partial charge in [-0.2, -0.15) is 0 Å². The number of rotatable bonds is 3. The molecule has 0 radical (unpaired) electrons. The first-order valence-electron chi connectivity index (χ1n) is 7.81. The average Bonchev–Trinajstić information content (AvgIpc) is 2.78. The van der Waals surface area contributed by atoms with E-state index < -0.39 is 11.0 Å². The lowest BCUT2D eigenvalue weighted by atomic mass is 9.62. The van der Waals surface area contributed by atoms with Crippen LogP contribution in [0.15, 0.2) is 18.2 Å². The molecule has 0 amide bonds. The van der Waals surface area contributed by atoms with Crippen LogP contribution in [0.5, 0.6) is 11.5 Å². The van der Waals surface area contributed by atoms with Crippen molar-refractivity contribution in [2.75, 3.05) is 7.11 Å². The van der Waals surface area contributed by atoms with Crippen LogP contribution >= 0.6 is 0 Å². The molecular formula is C18H24O4. The number of hydrogen-bond donors (Lipinski definition) is 2. The van der Waals surface area contributed by atoms with Crippen molar-refractivity contribution in [3.05, 3.63) is 23.8 Å². The fourth-order valence-electron chi connectivity index (χ4n) is 4.69. The minimum absolute atomic E-state index is 0.0636. The lowest BCUT2D eigenvalue weighted by Gasteiger charge is -2.44. The molecule has 4 heteroatoms. The number of ketones is 1. The number of methoxy groups -OCH3 is 1. The molecule has 2 fully saturated rings. The van der Waals surface area contributed by atoms with Gasteiger partial charge in [0.2, 0.25) is 0 Å². The molecule has 2 aliphatic carbocycles. The molecular weight excluding hydrogens is 280 g/mol. The summed E-state index contributed by atoms with van der Waals surface area (Å²) in [6.45, 7) is 6.34. The van der Waals surface area contributed by atoms with Gasteiger partial charge in [-0.05, 0) is 48.8 Å². The Kier molecular flexibility index (Phi) is 3.12. The number of aliphatic hydroxyl groups is 1. The van der Waals surface area contributed by atoms with Crippen LogP contribution in [-0.4, -0.2) is 28.7 Å². The van der Waals surface area contributed by atoms with Crippen LogP contribution in [0, 0.1) is 16.7 Å². The predicted octanol–water partition coefficient (Wildman–Crippen LogP) is 3.16. The fraction of sp³-hybridized carbons (Fsp3) is 0.611. The van der Waals surface area contributed by atoms with Gasteiger partial charge < -0.3 is 14.9 Å². The van der Waals surface area contributed by atoms with Crippen LogP contribution in [0.2, 0.25) is 0 Å². The first-order chi connectivity index (χ1) is 10.2. The zero-order chi connectivity index (χ0) is 16.3. The van der Waals surface area contributed by atoms with Gasteiger partial charge in [-0.3, -0.25) is 4.79 Å². The molecule has 0 aliphatic heterocycles. The summed E-state index contributed by atoms with van der Waals surface area (Å²) in [6.07, 6.45) is 2.42. The zero-order valence-electron chi connectivity index (χ0n) is 13.6. The minimum Gasteiger partial charge on any atom is -0.504 e. The largest absolute Gasteiger partial charge is 0.504 e. The smallest absolute Gasteiger partial charge is 0.195 e. The van der Waals surface area contributed by atoms with Crippen molar-refractivity contribution in [1.82, 2.24) is 0 Å². The number of aromatic hydroxyl groups is 1. The van der Waals surface area contributed by atoms with Crippen LogP contribution in [-0.2, 0) is 0 Å². The summed E-state index contributed by atoms with van der Waals surface area (Å²) in [6, 6.07) is 4.56. The Morgan fingerprint density at radius 2 is 2.00 bits per heavy atom. The molecule has 4 nitrogen and oxygen atoms in total. The van der Waals surface area contributed by atoms with E-state index in [2.05, 4.69) is 13.8 Å². The molecule has 0 spiro atoms. The van der Waals surface area contributed by atoms with Crippen LogP contribution < -0.4 is 4.74 Å². The molecule has 0 aromatic heterocycles. The van der Waals surface area contributed by atoms with Gasteiger partial charge in [0.15, 0.2) is 17.3 Å². The number of carbonyl (C=O) groups excluding carboxylic acids is 1. The molecule has 2 bridgehead atoms. The van der Waals surface area contributed by atoms with Crippen molar-refractivity contribution in [2.24, 2.45) is 16.7 Å². The van der Waals surface area contributed by atoms with E-state index in [4.69, 9.17) is 4.74 Å². The normalized spacial score (nSPS) is 35.6. The van der Waals surface area contributed by atoms with Crippen LogP contribution in [0.4, 0.5) is 0 Å². The Balaban J connectivity index is 2.01. The molecule has 1 aromatic rings. The van der Waals surface area contributed by atoms with Crippen LogP contribution in [0.25, 0.3) is 0 Å². The summed E-state index contributed by atoms with van der Waals surface area (Å²) < 4.78 is 5.01. The maximum Gasteiger partial charge on any atom is 0.195 e. The van der Waals surface area contributed by atoms with Crippen molar-refractivity contribution in [3.8, 4) is 11.5 Å². The average molecular weight is 304 g/mol. The summed E-state index contributed by atoms with van der Waals surface area (Å²) in [5, 5.41) is 21.2. The van der Waals surface area contributed by atoms with E-state index in [1.807, 2.05) is 6.92 Å². The Morgan fingerprint density at radius 1 is 1.32 bits per heavy atom. The van der Waals surface area contributed by atoms with E-state index in [0.717, 1.165) is 12.8 Å². The number of hydrogen-bond acceptors (Lipinski definition) is 4. The van der Waals surface area contributed by atoms with Crippen LogP contribution in [0.1, 0.15) is 50.4 Å². The van der Waals surface area contributed by atoms with Crippen LogP contribution in [0.3, 0.4) is 0 Å². The first-order valence-corrected chi connectivity index (χ1v) is 7.81. The molecule has 120 valence electrons. The number of carbonyl (C=O) groups is 1. The molecule has 3 rings (SSSR count). The summed E-state index contributed by atoms with van der Waals surface area (Å²) in [5.74, 6) is 0.314. The van der Waals surface area contributed by atoms with E-state index in [0.29, 0.717) is 23.7 Å². The van der Waals surface area contributed by atoms with Gasteiger partial charge in [-0.1, -0.05) is 20.8 Å². The summed E-state index contributed by atoms with van der Waals surface area (Å²) in [5.41, 5.74) is -1.52. The third kappa shape index (κ3) is 1.64. The first kappa shape index (κ1) is 15.3. The van der Waals surface area contributed by atoms with Crippen molar-refractivity contribution >= 4 is 5.78 Å². The topological polar surface area (TPSA) is 66.8 Å². The van der Waals surface area contributed by atoms with Crippen molar-refractivity contribution < 1.29 is 19.7 Å². The highest BCUT2D eigenvalue weighted by Gasteiger charge is 2.70. The highest BCUT2D eigenvalue weighted by molar-refractivity contribution is 6.04. The Labute approximate surface area is 131 Å². The molecule has 0 heterocycles. The van der Waals surface area contributed by atoms with Gasteiger partial charge in [0, 0.05) is 11.0 Å². The van der Waals surface area contributed by atoms with Crippen molar-refractivity contribution in [3.63, 3.8) is 0 Å². The Hall–Kier alpha value is -1.55. The lowest BCUT2D eigenvalue weighted by molar-refractivity contribution is -0.0615. The molecule has 1 aromatic carbocycles. The molecule has 3 unspecified atom stereocenters. The fourth-order valence-corrected chi connectivity index (χ4v) is 4.69. The minimum atomic E-state index is -1.36. The highest BCUT2D eigenvalue weighted by atomic mass is 16.5. The maximum atomic E-state index is 13.0. The van der Waals surface area contributed by atoms with E-state index in [1.54, 1.807) is 12.1 Å². The summed E-state index contributed by atoms with van der Waals surface area (Å²) in [4.78, 5) is 13.0. The molecule has 0 saturated heterocycles. The van der Waals surface area contributed by atoms with Gasteiger partial charge in [-0.25, -0.2) is 0 Å². The zero-order valence-corrected chi connectivity index (χ0v) is 13.6. The van der Waals surface area contributed by atoms with E-state index >= 15 is 0 Å². The summed E-state index contributed by atoms with van der Waals surface area (Å²) >= 11 is 0. The lowest BCUT2D eigenvalue weighted by Crippen LogP contribution is -2.52. The van der Waals surface area contributed by atoms with Gasteiger partial charge in [0.1, 0.15) is 5.60 Å². The molecule has 2 saturated carbocycles. The second-order valence-corrected chi connectivity index (χ2v) is 7.57.